The fourth-order valence-electron chi connectivity index (χ4n) is 2.28. The number of halogens is 1. The van der Waals surface area contributed by atoms with Gasteiger partial charge in [0, 0.05) is 19.2 Å². The Kier molecular flexibility index (Phi) is 8.50. The number of hydrogen-bond acceptors (Lipinski definition) is 3. The molecule has 0 aliphatic carbocycles. The van der Waals surface area contributed by atoms with E-state index in [9.17, 15) is 4.39 Å². The van der Waals surface area contributed by atoms with Gasteiger partial charge in [0.05, 0.1) is 6.61 Å². The molecule has 0 spiro atoms. The van der Waals surface area contributed by atoms with Gasteiger partial charge in [-0.15, -0.1) is 0 Å². The fourth-order valence-corrected chi connectivity index (χ4v) is 2.28. The summed E-state index contributed by atoms with van der Waals surface area (Å²) in [6.07, 6.45) is 0.957. The normalized spacial score (nSPS) is 12.9. The Balaban J connectivity index is 2.54. The van der Waals surface area contributed by atoms with Crippen molar-refractivity contribution >= 4 is 0 Å². The molecule has 4 heteroatoms. The monoisotopic (exact) mass is 296 g/mol. The van der Waals surface area contributed by atoms with Crippen molar-refractivity contribution < 1.29 is 9.13 Å². The first-order valence-electron chi connectivity index (χ1n) is 7.84. The summed E-state index contributed by atoms with van der Waals surface area (Å²) in [5.41, 5.74) is 1.72. The van der Waals surface area contributed by atoms with Crippen LogP contribution in [0.5, 0.6) is 0 Å². The Hall–Kier alpha value is -0.970. The lowest BCUT2D eigenvalue weighted by Crippen LogP contribution is -2.29. The third-order valence-electron chi connectivity index (χ3n) is 3.67. The third-order valence-corrected chi connectivity index (χ3v) is 3.67. The predicted octanol–water partition coefficient (Wildman–Crippen LogP) is 3.14. The minimum Gasteiger partial charge on any atom is -0.380 e. The molecule has 0 saturated carbocycles. The quantitative estimate of drug-likeness (QED) is 0.671. The number of ether oxygens (including phenoxy) is 1. The van der Waals surface area contributed by atoms with Gasteiger partial charge in [-0.2, -0.15) is 0 Å². The SMILES string of the molecule is CCNC(CCN(C)CCOCC)c1ccc(C)c(F)c1. The molecule has 0 fully saturated rings. The summed E-state index contributed by atoms with van der Waals surface area (Å²) >= 11 is 0. The molecule has 1 N–H and O–H groups in total. The lowest BCUT2D eigenvalue weighted by Gasteiger charge is -2.23. The molecule has 1 aromatic rings. The van der Waals surface area contributed by atoms with Crippen LogP contribution in [0.3, 0.4) is 0 Å². The Morgan fingerprint density at radius 1 is 1.29 bits per heavy atom. The van der Waals surface area contributed by atoms with Gasteiger partial charge in [0.1, 0.15) is 5.82 Å². The highest BCUT2D eigenvalue weighted by molar-refractivity contribution is 5.25. The molecule has 0 amide bonds. The standard InChI is InChI=1S/C17H29FN2O/c1-5-19-17(9-10-20(4)11-12-21-6-2)15-8-7-14(3)16(18)13-15/h7-8,13,17,19H,5-6,9-12H2,1-4H3. The molecule has 0 aromatic heterocycles. The van der Waals surface area contributed by atoms with Crippen LogP contribution in [0.1, 0.15) is 37.4 Å². The Morgan fingerprint density at radius 2 is 2.05 bits per heavy atom. The van der Waals surface area contributed by atoms with Gasteiger partial charge in [-0.25, -0.2) is 4.39 Å². The van der Waals surface area contributed by atoms with Gasteiger partial charge in [-0.3, -0.25) is 0 Å². The van der Waals surface area contributed by atoms with E-state index < -0.39 is 0 Å². The van der Waals surface area contributed by atoms with Gasteiger partial charge < -0.3 is 15.0 Å². The van der Waals surface area contributed by atoms with Crippen LogP contribution in [0.25, 0.3) is 0 Å². The topological polar surface area (TPSA) is 24.5 Å². The van der Waals surface area contributed by atoms with Gasteiger partial charge in [-0.1, -0.05) is 19.1 Å². The zero-order valence-electron chi connectivity index (χ0n) is 13.8. The van der Waals surface area contributed by atoms with Crippen molar-refractivity contribution in [1.82, 2.24) is 10.2 Å². The van der Waals surface area contributed by atoms with Crippen molar-refractivity contribution in [1.29, 1.82) is 0 Å². The lowest BCUT2D eigenvalue weighted by atomic mass is 10.0. The van der Waals surface area contributed by atoms with Gasteiger partial charge >= 0.3 is 0 Å². The Bertz CT molecular complexity index is 412. The summed E-state index contributed by atoms with van der Waals surface area (Å²) in [5.74, 6) is -0.125. The molecule has 1 unspecified atom stereocenters. The molecule has 0 aliphatic heterocycles. The molecule has 21 heavy (non-hydrogen) atoms. The van der Waals surface area contributed by atoms with Crippen LogP contribution in [0.2, 0.25) is 0 Å². The zero-order chi connectivity index (χ0) is 15.7. The average Bonchev–Trinajstić information content (AvgIpc) is 2.47. The van der Waals surface area contributed by atoms with Crippen LogP contribution in [0, 0.1) is 12.7 Å². The maximum atomic E-state index is 13.7. The summed E-state index contributed by atoms with van der Waals surface area (Å²) in [7, 11) is 2.09. The highest BCUT2D eigenvalue weighted by atomic mass is 19.1. The van der Waals surface area contributed by atoms with Gasteiger partial charge in [0.2, 0.25) is 0 Å². The largest absolute Gasteiger partial charge is 0.380 e. The minimum atomic E-state index is -0.125. The van der Waals surface area contributed by atoms with E-state index in [-0.39, 0.29) is 11.9 Å². The molecule has 1 rings (SSSR count). The molecule has 0 aliphatic rings. The van der Waals surface area contributed by atoms with E-state index in [1.54, 1.807) is 13.0 Å². The minimum absolute atomic E-state index is 0.125. The van der Waals surface area contributed by atoms with Crippen molar-refractivity contribution in [3.63, 3.8) is 0 Å². The Morgan fingerprint density at radius 3 is 2.67 bits per heavy atom. The van der Waals surface area contributed by atoms with Crippen molar-refractivity contribution in [2.24, 2.45) is 0 Å². The summed E-state index contributed by atoms with van der Waals surface area (Å²) in [6, 6.07) is 5.72. The highest BCUT2D eigenvalue weighted by Gasteiger charge is 2.13. The van der Waals surface area contributed by atoms with E-state index in [0.29, 0.717) is 5.56 Å². The van der Waals surface area contributed by atoms with E-state index >= 15 is 0 Å². The van der Waals surface area contributed by atoms with E-state index in [2.05, 4.69) is 24.2 Å². The number of nitrogens with one attached hydrogen (secondary N) is 1. The molecule has 120 valence electrons. The van der Waals surface area contributed by atoms with E-state index in [4.69, 9.17) is 4.74 Å². The number of likely N-dealkylation sites (N-methyl/N-ethyl adjacent to an activating group) is 1. The second-order valence-corrected chi connectivity index (χ2v) is 5.41. The van der Waals surface area contributed by atoms with Crippen molar-refractivity contribution in [3.8, 4) is 0 Å². The lowest BCUT2D eigenvalue weighted by molar-refractivity contribution is 0.121. The number of aryl methyl sites for hydroxylation is 1. The van der Waals surface area contributed by atoms with E-state index in [1.807, 2.05) is 19.1 Å². The maximum Gasteiger partial charge on any atom is 0.126 e. The smallest absolute Gasteiger partial charge is 0.126 e. The molecular weight excluding hydrogens is 267 g/mol. The molecule has 0 saturated heterocycles. The summed E-state index contributed by atoms with van der Waals surface area (Å²) in [6.45, 7) is 10.2. The molecule has 1 atom stereocenters. The van der Waals surface area contributed by atoms with Crippen LogP contribution in [0.4, 0.5) is 4.39 Å². The second-order valence-electron chi connectivity index (χ2n) is 5.41. The van der Waals surface area contributed by atoms with Crippen LogP contribution in [0.15, 0.2) is 18.2 Å². The first-order valence-corrected chi connectivity index (χ1v) is 7.84. The molecule has 3 nitrogen and oxygen atoms in total. The number of nitrogens with zero attached hydrogens (tertiary/aromatic N) is 1. The van der Waals surface area contributed by atoms with E-state index in [1.165, 1.54) is 0 Å². The van der Waals surface area contributed by atoms with Gasteiger partial charge in [-0.05, 0) is 57.6 Å². The summed E-state index contributed by atoms with van der Waals surface area (Å²) in [5, 5.41) is 3.44. The molecule has 0 bridgehead atoms. The summed E-state index contributed by atoms with van der Waals surface area (Å²) < 4.78 is 19.1. The first-order chi connectivity index (χ1) is 10.1. The first kappa shape index (κ1) is 18.1. The van der Waals surface area contributed by atoms with Crippen LogP contribution >= 0.6 is 0 Å². The van der Waals surface area contributed by atoms with Gasteiger partial charge in [0.25, 0.3) is 0 Å². The van der Waals surface area contributed by atoms with Crippen LogP contribution in [-0.2, 0) is 4.74 Å². The van der Waals surface area contributed by atoms with Crippen molar-refractivity contribution in [2.75, 3.05) is 39.9 Å². The predicted molar refractivity (Wildman–Crippen MR) is 86.2 cm³/mol. The van der Waals surface area contributed by atoms with E-state index in [0.717, 1.165) is 44.8 Å². The number of hydrogen-bond donors (Lipinski definition) is 1. The van der Waals surface area contributed by atoms with Gasteiger partial charge in [0.15, 0.2) is 0 Å². The molecule has 0 heterocycles. The molecule has 1 aromatic carbocycles. The van der Waals surface area contributed by atoms with Crippen LogP contribution < -0.4 is 5.32 Å². The number of rotatable bonds is 10. The molecular formula is C17H29FN2O. The maximum absolute atomic E-state index is 13.7. The van der Waals surface area contributed by atoms with Crippen LogP contribution in [-0.4, -0.2) is 44.8 Å². The Labute approximate surface area is 128 Å². The fraction of sp³-hybridized carbons (Fsp3) is 0.647. The molecule has 0 radical (unpaired) electrons. The second kappa shape index (κ2) is 9.87. The third kappa shape index (κ3) is 6.55. The van der Waals surface area contributed by atoms with Crippen molar-refractivity contribution in [3.05, 3.63) is 35.1 Å². The summed E-state index contributed by atoms with van der Waals surface area (Å²) in [4.78, 5) is 2.25. The highest BCUT2D eigenvalue weighted by Crippen LogP contribution is 2.19. The average molecular weight is 296 g/mol. The zero-order valence-corrected chi connectivity index (χ0v) is 13.8. The van der Waals surface area contributed by atoms with Crippen molar-refractivity contribution in [2.45, 2.75) is 33.2 Å². The number of benzene rings is 1.